The molecule has 2 heterocycles. The number of aromatic amines is 1. The summed E-state index contributed by atoms with van der Waals surface area (Å²) in [6.07, 6.45) is 3.84. The van der Waals surface area contributed by atoms with E-state index in [0.29, 0.717) is 12.2 Å². The number of halogens is 1. The minimum absolute atomic E-state index is 0. The van der Waals surface area contributed by atoms with Gasteiger partial charge in [-0.3, -0.25) is 9.89 Å². The van der Waals surface area contributed by atoms with Crippen molar-refractivity contribution in [2.45, 2.75) is 13.2 Å². The maximum Gasteiger partial charge on any atom is 0.227 e. The summed E-state index contributed by atoms with van der Waals surface area (Å²) < 4.78 is 7.67. The zero-order valence-corrected chi connectivity index (χ0v) is 19.4. The molecular formula is C27H22BrN3O2. The number of H-pyrrole nitrogens is 1. The highest BCUT2D eigenvalue weighted by Crippen LogP contribution is 2.18. The number of benzene rings is 3. The van der Waals surface area contributed by atoms with Crippen molar-refractivity contribution in [2.24, 2.45) is 0 Å². The van der Waals surface area contributed by atoms with Gasteiger partial charge in [0.25, 0.3) is 0 Å². The van der Waals surface area contributed by atoms with Gasteiger partial charge in [-0.2, -0.15) is 9.67 Å². The first-order valence-electron chi connectivity index (χ1n) is 10.5. The number of hydrogen-bond donors (Lipinski definition) is 1. The lowest BCUT2D eigenvalue weighted by Gasteiger charge is -2.03. The molecule has 0 atom stereocenters. The Kier molecular flexibility index (Phi) is 6.95. The van der Waals surface area contributed by atoms with Crippen molar-refractivity contribution in [1.82, 2.24) is 10.2 Å². The Morgan fingerprint density at radius 2 is 1.67 bits per heavy atom. The minimum Gasteiger partial charge on any atom is -1.00 e. The summed E-state index contributed by atoms with van der Waals surface area (Å²) in [6.45, 7) is 0.672. The molecule has 0 saturated heterocycles. The van der Waals surface area contributed by atoms with Gasteiger partial charge >= 0.3 is 0 Å². The first-order valence-corrected chi connectivity index (χ1v) is 10.5. The number of nitrogens with one attached hydrogen (secondary N) is 1. The van der Waals surface area contributed by atoms with Crippen LogP contribution in [0, 0.1) is 0 Å². The van der Waals surface area contributed by atoms with Gasteiger partial charge in [-0.05, 0) is 41.1 Å². The van der Waals surface area contributed by atoms with Crippen LogP contribution in [0.15, 0.2) is 103 Å². The second-order valence-electron chi connectivity index (χ2n) is 7.63. The normalized spacial score (nSPS) is 10.5. The highest BCUT2D eigenvalue weighted by Gasteiger charge is 2.15. The van der Waals surface area contributed by atoms with Crippen molar-refractivity contribution in [1.29, 1.82) is 0 Å². The second kappa shape index (κ2) is 10.2. The summed E-state index contributed by atoms with van der Waals surface area (Å²) in [5, 5.41) is 9.63. The van der Waals surface area contributed by atoms with Gasteiger partial charge < -0.3 is 21.7 Å². The van der Waals surface area contributed by atoms with Crippen LogP contribution in [0.2, 0.25) is 0 Å². The number of aromatic nitrogens is 3. The number of ether oxygens (including phenoxy) is 1. The standard InChI is InChI=1S/C27H22N3O2.BrH/c31-27(22-13-12-20-7-4-5-8-21(20)15-22)18-30-14-6-9-23(17-30)26-16-24(28-29-26)19-32-25-10-2-1-3-11-25;/h1-17H,18-19H2,(H,28,29);1H/q+1;/p-1. The minimum atomic E-state index is 0. The van der Waals surface area contributed by atoms with Gasteiger partial charge in [0.05, 0.1) is 17.0 Å². The molecule has 5 nitrogen and oxygen atoms in total. The SMILES string of the molecule is O=C(C[n+]1cccc(-c2cc(COc3ccccc3)[nH]n2)c1)c1ccc2ccccc2c1.[Br-]. The molecule has 0 spiro atoms. The van der Waals surface area contributed by atoms with Crippen LogP contribution in [-0.2, 0) is 13.2 Å². The monoisotopic (exact) mass is 499 g/mol. The average molecular weight is 500 g/mol. The average Bonchev–Trinajstić information content (AvgIpc) is 3.32. The van der Waals surface area contributed by atoms with Crippen LogP contribution in [0.4, 0.5) is 0 Å². The third kappa shape index (κ3) is 5.35. The molecule has 0 aliphatic heterocycles. The van der Waals surface area contributed by atoms with Crippen LogP contribution in [0.25, 0.3) is 22.0 Å². The molecule has 164 valence electrons. The highest BCUT2D eigenvalue weighted by molar-refractivity contribution is 5.99. The van der Waals surface area contributed by atoms with Crippen LogP contribution >= 0.6 is 0 Å². The molecule has 33 heavy (non-hydrogen) atoms. The second-order valence-corrected chi connectivity index (χ2v) is 7.63. The summed E-state index contributed by atoms with van der Waals surface area (Å²) in [6, 6.07) is 29.4. The van der Waals surface area contributed by atoms with E-state index in [1.807, 2.05) is 108 Å². The van der Waals surface area contributed by atoms with Crippen LogP contribution in [0.3, 0.4) is 0 Å². The van der Waals surface area contributed by atoms with Gasteiger partial charge in [0.2, 0.25) is 12.3 Å². The van der Waals surface area contributed by atoms with E-state index in [1.165, 1.54) is 0 Å². The number of ketones is 1. The van der Waals surface area contributed by atoms with Crippen molar-refractivity contribution < 1.29 is 31.1 Å². The first-order chi connectivity index (χ1) is 15.7. The van der Waals surface area contributed by atoms with Crippen LogP contribution < -0.4 is 26.3 Å². The third-order valence-corrected chi connectivity index (χ3v) is 5.32. The molecule has 0 aliphatic rings. The molecule has 1 N–H and O–H groups in total. The Morgan fingerprint density at radius 3 is 2.52 bits per heavy atom. The Labute approximate surface area is 202 Å². The summed E-state index contributed by atoms with van der Waals surface area (Å²) in [5.41, 5.74) is 3.33. The fraction of sp³-hybridized carbons (Fsp3) is 0.0741. The van der Waals surface area contributed by atoms with Crippen LogP contribution in [-0.4, -0.2) is 16.0 Å². The Hall–Kier alpha value is -3.77. The van der Waals surface area contributed by atoms with Gasteiger partial charge in [0, 0.05) is 11.6 Å². The van der Waals surface area contributed by atoms with Crippen LogP contribution in [0.5, 0.6) is 5.75 Å². The summed E-state index contributed by atoms with van der Waals surface area (Å²) >= 11 is 0. The fourth-order valence-corrected chi connectivity index (χ4v) is 3.65. The number of fused-ring (bicyclic) bond motifs is 1. The zero-order valence-electron chi connectivity index (χ0n) is 17.8. The zero-order chi connectivity index (χ0) is 21.8. The molecule has 0 unspecified atom stereocenters. The van der Waals surface area contributed by atoms with Crippen molar-refractivity contribution in [3.63, 3.8) is 0 Å². The molecule has 0 fully saturated rings. The predicted molar refractivity (Wildman–Crippen MR) is 123 cm³/mol. The summed E-state index contributed by atoms with van der Waals surface area (Å²) in [7, 11) is 0. The molecule has 5 aromatic rings. The molecule has 5 rings (SSSR count). The number of hydrogen-bond acceptors (Lipinski definition) is 3. The molecule has 3 aromatic carbocycles. The molecule has 0 aliphatic carbocycles. The molecule has 6 heteroatoms. The molecule has 2 aromatic heterocycles. The number of carbonyl (C=O) groups excluding carboxylic acids is 1. The van der Waals surface area contributed by atoms with Crippen molar-refractivity contribution in [3.8, 4) is 17.0 Å². The van der Waals surface area contributed by atoms with Gasteiger partial charge in [0.15, 0.2) is 12.4 Å². The highest BCUT2D eigenvalue weighted by atomic mass is 79.9. The fourth-order valence-electron chi connectivity index (χ4n) is 3.65. The molecule has 0 bridgehead atoms. The van der Waals surface area contributed by atoms with E-state index in [-0.39, 0.29) is 29.3 Å². The lowest BCUT2D eigenvalue weighted by atomic mass is 10.0. The molecule has 0 saturated carbocycles. The van der Waals surface area contributed by atoms with E-state index in [0.717, 1.165) is 33.5 Å². The number of pyridine rings is 1. The molecule has 0 amide bonds. The van der Waals surface area contributed by atoms with Crippen molar-refractivity contribution in [3.05, 3.63) is 115 Å². The van der Waals surface area contributed by atoms with Gasteiger partial charge in [0.1, 0.15) is 12.4 Å². The topological polar surface area (TPSA) is 58.9 Å². The summed E-state index contributed by atoms with van der Waals surface area (Å²) in [5.74, 6) is 0.880. The number of Topliss-reactive ketones (excluding diaryl/α,β-unsaturated/α-hetero) is 1. The maximum atomic E-state index is 12.9. The Bertz CT molecular complexity index is 1380. The smallest absolute Gasteiger partial charge is 0.227 e. The number of carbonyl (C=O) groups is 1. The van der Waals surface area contributed by atoms with E-state index >= 15 is 0 Å². The van der Waals surface area contributed by atoms with Crippen LogP contribution in [0.1, 0.15) is 16.1 Å². The lowest BCUT2D eigenvalue weighted by Crippen LogP contribution is -3.00. The Morgan fingerprint density at radius 1 is 0.879 bits per heavy atom. The lowest BCUT2D eigenvalue weighted by molar-refractivity contribution is -0.682. The van der Waals surface area contributed by atoms with Gasteiger partial charge in [-0.1, -0.05) is 54.6 Å². The Balaban J connectivity index is 0.00000259. The number of rotatable bonds is 7. The number of para-hydroxylation sites is 1. The number of nitrogens with zero attached hydrogens (tertiary/aromatic N) is 2. The van der Waals surface area contributed by atoms with Gasteiger partial charge in [-0.15, -0.1) is 0 Å². The van der Waals surface area contributed by atoms with E-state index in [4.69, 9.17) is 4.74 Å². The van der Waals surface area contributed by atoms with Crippen molar-refractivity contribution >= 4 is 16.6 Å². The maximum absolute atomic E-state index is 12.9. The van der Waals surface area contributed by atoms with E-state index in [1.54, 1.807) is 0 Å². The predicted octanol–water partition coefficient (Wildman–Crippen LogP) is 1.98. The van der Waals surface area contributed by atoms with E-state index in [9.17, 15) is 4.79 Å². The summed E-state index contributed by atoms with van der Waals surface area (Å²) in [4.78, 5) is 12.9. The van der Waals surface area contributed by atoms with Gasteiger partial charge in [-0.25, -0.2) is 0 Å². The van der Waals surface area contributed by atoms with E-state index < -0.39 is 0 Å². The van der Waals surface area contributed by atoms with Crippen molar-refractivity contribution in [2.75, 3.05) is 0 Å². The molecular weight excluding hydrogens is 478 g/mol. The largest absolute Gasteiger partial charge is 1.00 e. The quantitative estimate of drug-likeness (QED) is 0.275. The third-order valence-electron chi connectivity index (χ3n) is 5.32. The molecule has 0 radical (unpaired) electrons. The first kappa shape index (κ1) is 22.4. The van der Waals surface area contributed by atoms with E-state index in [2.05, 4.69) is 10.2 Å².